The van der Waals surface area contributed by atoms with Gasteiger partial charge in [0.2, 0.25) is 0 Å². The summed E-state index contributed by atoms with van der Waals surface area (Å²) in [6.45, 7) is 5.30. The fraction of sp³-hybridized carbons (Fsp3) is 0.235. The fourth-order valence-corrected chi connectivity index (χ4v) is 3.44. The molecule has 1 aromatic carbocycles. The zero-order chi connectivity index (χ0) is 15.2. The normalized spacial score (nSPS) is 15.2. The highest BCUT2D eigenvalue weighted by atomic mass is 32.1. The second kappa shape index (κ2) is 4.88. The Morgan fingerprint density at radius 2 is 2.09 bits per heavy atom. The number of aromatic amines is 1. The van der Waals surface area contributed by atoms with Crippen LogP contribution in [0.25, 0.3) is 10.9 Å². The predicted molar refractivity (Wildman–Crippen MR) is 91.8 cm³/mol. The van der Waals surface area contributed by atoms with Crippen molar-refractivity contribution < 1.29 is 0 Å². The Balaban J connectivity index is 1.62. The number of nitrogens with zero attached hydrogens (tertiary/aromatic N) is 3. The van der Waals surface area contributed by atoms with E-state index < -0.39 is 0 Å². The van der Waals surface area contributed by atoms with Gasteiger partial charge in [0, 0.05) is 35.2 Å². The summed E-state index contributed by atoms with van der Waals surface area (Å²) in [5.74, 6) is 0. The largest absolute Gasteiger partial charge is 0.356 e. The molecule has 112 valence electrons. The lowest BCUT2D eigenvalue weighted by atomic mass is 9.99. The van der Waals surface area contributed by atoms with Crippen molar-refractivity contribution in [1.82, 2.24) is 14.9 Å². The molecule has 0 amide bonds. The van der Waals surface area contributed by atoms with Gasteiger partial charge in [-0.2, -0.15) is 0 Å². The molecule has 0 saturated carbocycles. The maximum atomic E-state index is 4.38. The Kier molecular flexibility index (Phi) is 2.97. The molecule has 0 fully saturated rings. The molecule has 3 aromatic rings. The van der Waals surface area contributed by atoms with Crippen LogP contribution in [-0.4, -0.2) is 21.5 Å². The number of fused-ring (bicyclic) bond motifs is 1. The van der Waals surface area contributed by atoms with E-state index in [1.807, 2.05) is 11.6 Å². The second-order valence-corrected chi connectivity index (χ2v) is 6.90. The zero-order valence-electron chi connectivity index (χ0n) is 12.7. The maximum absolute atomic E-state index is 4.38. The van der Waals surface area contributed by atoms with Crippen LogP contribution in [0.2, 0.25) is 0 Å². The van der Waals surface area contributed by atoms with Crippen molar-refractivity contribution in [2.45, 2.75) is 19.4 Å². The summed E-state index contributed by atoms with van der Waals surface area (Å²) in [5, 5.41) is 4.30. The molecule has 0 spiro atoms. The Labute approximate surface area is 133 Å². The van der Waals surface area contributed by atoms with E-state index >= 15 is 0 Å². The molecule has 5 heteroatoms. The van der Waals surface area contributed by atoms with Gasteiger partial charge in [-0.15, -0.1) is 11.3 Å². The van der Waals surface area contributed by atoms with E-state index in [0.29, 0.717) is 0 Å². The monoisotopic (exact) mass is 310 g/mol. The molecule has 1 N–H and O–H groups in total. The Morgan fingerprint density at radius 3 is 2.86 bits per heavy atom. The predicted octanol–water partition coefficient (Wildman–Crippen LogP) is 4.11. The quantitative estimate of drug-likeness (QED) is 0.790. The van der Waals surface area contributed by atoms with Crippen LogP contribution in [0, 0.1) is 0 Å². The van der Waals surface area contributed by atoms with Crippen molar-refractivity contribution in [1.29, 1.82) is 0 Å². The summed E-state index contributed by atoms with van der Waals surface area (Å²) in [5.41, 5.74) is 2.30. The molecule has 1 aliphatic rings. The minimum atomic E-state index is -0.110. The smallest absolute Gasteiger partial charge is 0.190 e. The molecular formula is C17H18N4S. The third-order valence-corrected chi connectivity index (χ3v) is 5.11. The lowest BCUT2D eigenvalue weighted by Gasteiger charge is -2.35. The van der Waals surface area contributed by atoms with Gasteiger partial charge in [-0.1, -0.05) is 18.2 Å². The van der Waals surface area contributed by atoms with Crippen LogP contribution in [0.3, 0.4) is 0 Å². The Morgan fingerprint density at radius 1 is 1.23 bits per heavy atom. The van der Waals surface area contributed by atoms with Crippen LogP contribution in [-0.2, 0) is 5.54 Å². The minimum Gasteiger partial charge on any atom is -0.356 e. The van der Waals surface area contributed by atoms with Crippen molar-refractivity contribution in [2.75, 3.05) is 11.6 Å². The van der Waals surface area contributed by atoms with Gasteiger partial charge in [-0.25, -0.2) is 4.98 Å². The van der Waals surface area contributed by atoms with Gasteiger partial charge in [0.25, 0.3) is 0 Å². The highest BCUT2D eigenvalue weighted by molar-refractivity contribution is 7.13. The number of rotatable bonds is 3. The number of nitrogens with one attached hydrogen (secondary N) is 1. The summed E-state index contributed by atoms with van der Waals surface area (Å²) in [6, 6.07) is 10.7. The first-order valence-corrected chi connectivity index (χ1v) is 8.22. The summed E-state index contributed by atoms with van der Waals surface area (Å²) in [6.07, 6.45) is 6.09. The molecule has 1 aliphatic heterocycles. The fourth-order valence-electron chi connectivity index (χ4n) is 2.82. The summed E-state index contributed by atoms with van der Waals surface area (Å²) in [4.78, 5) is 12.4. The van der Waals surface area contributed by atoms with Crippen LogP contribution < -0.4 is 4.90 Å². The van der Waals surface area contributed by atoms with Gasteiger partial charge in [0.1, 0.15) is 0 Å². The van der Waals surface area contributed by atoms with E-state index in [-0.39, 0.29) is 5.54 Å². The van der Waals surface area contributed by atoms with E-state index in [0.717, 1.165) is 11.8 Å². The molecule has 0 unspecified atom stereocenters. The van der Waals surface area contributed by atoms with Gasteiger partial charge >= 0.3 is 0 Å². The van der Waals surface area contributed by atoms with Crippen molar-refractivity contribution in [3.05, 3.63) is 60.0 Å². The molecule has 2 aromatic heterocycles. The number of para-hydroxylation sites is 1. The van der Waals surface area contributed by atoms with Gasteiger partial charge in [0.05, 0.1) is 12.2 Å². The topological polar surface area (TPSA) is 35.2 Å². The van der Waals surface area contributed by atoms with E-state index in [1.54, 1.807) is 11.3 Å². The van der Waals surface area contributed by atoms with Gasteiger partial charge in [0.15, 0.2) is 5.13 Å². The van der Waals surface area contributed by atoms with E-state index in [9.17, 15) is 0 Å². The lowest BCUT2D eigenvalue weighted by molar-refractivity contribution is 0.197. The molecule has 0 radical (unpaired) electrons. The first kappa shape index (κ1) is 13.4. The van der Waals surface area contributed by atoms with Crippen molar-refractivity contribution in [3.63, 3.8) is 0 Å². The molecule has 0 atom stereocenters. The van der Waals surface area contributed by atoms with Crippen LogP contribution in [0.15, 0.2) is 54.3 Å². The van der Waals surface area contributed by atoms with Gasteiger partial charge in [-0.3, -0.25) is 0 Å². The highest BCUT2D eigenvalue weighted by Crippen LogP contribution is 2.33. The number of thiazole rings is 1. The molecule has 22 heavy (non-hydrogen) atoms. The number of hydrogen-bond acceptors (Lipinski definition) is 4. The third-order valence-electron chi connectivity index (χ3n) is 4.30. The number of anilines is 1. The number of aromatic nitrogens is 2. The van der Waals surface area contributed by atoms with E-state index in [1.165, 1.54) is 16.6 Å². The number of benzene rings is 1. The molecule has 3 heterocycles. The lowest BCUT2D eigenvalue weighted by Crippen LogP contribution is -2.40. The molecule has 0 bridgehead atoms. The Bertz CT molecular complexity index is 783. The van der Waals surface area contributed by atoms with Crippen LogP contribution in [0.5, 0.6) is 0 Å². The number of H-pyrrole nitrogens is 1. The van der Waals surface area contributed by atoms with Crippen LogP contribution >= 0.6 is 11.3 Å². The maximum Gasteiger partial charge on any atom is 0.190 e. The average Bonchev–Trinajstić information content (AvgIpc) is 3.25. The minimum absolute atomic E-state index is 0.110. The van der Waals surface area contributed by atoms with Crippen LogP contribution in [0.1, 0.15) is 19.5 Å². The SMILES string of the molecule is CC(C)(c1cc2ccccc2[nH]1)N1C=CN(c2nccs2)C1. The molecule has 4 nitrogen and oxygen atoms in total. The van der Waals surface area contributed by atoms with Gasteiger partial charge in [-0.05, 0) is 31.4 Å². The third kappa shape index (κ3) is 2.09. The number of hydrogen-bond donors (Lipinski definition) is 1. The van der Waals surface area contributed by atoms with Crippen molar-refractivity contribution in [2.24, 2.45) is 0 Å². The highest BCUT2D eigenvalue weighted by Gasteiger charge is 2.32. The van der Waals surface area contributed by atoms with E-state index in [2.05, 4.69) is 76.3 Å². The van der Waals surface area contributed by atoms with Crippen molar-refractivity contribution in [3.8, 4) is 0 Å². The summed E-state index contributed by atoms with van der Waals surface area (Å²) >= 11 is 1.66. The molecule has 0 aliphatic carbocycles. The first-order valence-electron chi connectivity index (χ1n) is 7.34. The first-order chi connectivity index (χ1) is 10.6. The summed E-state index contributed by atoms with van der Waals surface area (Å²) in [7, 11) is 0. The van der Waals surface area contributed by atoms with Crippen LogP contribution in [0.4, 0.5) is 5.13 Å². The average molecular weight is 310 g/mol. The second-order valence-electron chi connectivity index (χ2n) is 6.02. The molecule has 0 saturated heterocycles. The molecular weight excluding hydrogens is 292 g/mol. The van der Waals surface area contributed by atoms with Crippen molar-refractivity contribution >= 4 is 27.4 Å². The van der Waals surface area contributed by atoms with Gasteiger partial charge < -0.3 is 14.8 Å². The zero-order valence-corrected chi connectivity index (χ0v) is 13.5. The summed E-state index contributed by atoms with van der Waals surface area (Å²) < 4.78 is 0. The van der Waals surface area contributed by atoms with E-state index in [4.69, 9.17) is 0 Å². The standard InChI is InChI=1S/C17H18N4S/c1-17(2,15-11-13-5-3-4-6-14(13)19-15)21-9-8-20(12-21)16-18-7-10-22-16/h3-11,19H,12H2,1-2H3. The Hall–Kier alpha value is -2.27. The molecule has 4 rings (SSSR count).